The lowest BCUT2D eigenvalue weighted by Crippen LogP contribution is -2.10. The van der Waals surface area contributed by atoms with Crippen molar-refractivity contribution >= 4 is 49.9 Å². The molecule has 0 aliphatic heterocycles. The van der Waals surface area contributed by atoms with Crippen LogP contribution in [0.1, 0.15) is 16.7 Å². The van der Waals surface area contributed by atoms with Crippen molar-refractivity contribution in [1.29, 1.82) is 0 Å². The monoisotopic (exact) mass is 456 g/mol. The summed E-state index contributed by atoms with van der Waals surface area (Å²) in [4.78, 5) is 0. The number of anilines is 2. The zero-order chi connectivity index (χ0) is 23.8. The van der Waals surface area contributed by atoms with Crippen molar-refractivity contribution in [3.05, 3.63) is 120 Å². The first-order valence-electron chi connectivity index (χ1n) is 11.7. The van der Waals surface area contributed by atoms with Crippen LogP contribution in [-0.2, 0) is 13.2 Å². The summed E-state index contributed by atoms with van der Waals surface area (Å²) in [7, 11) is 0. The van der Waals surface area contributed by atoms with Gasteiger partial charge in [0, 0.05) is 5.56 Å². The molecule has 35 heavy (non-hydrogen) atoms. The number of aliphatic hydroxyl groups is 2. The Morgan fingerprint density at radius 3 is 1.77 bits per heavy atom. The number of rotatable bonds is 6. The Bertz CT molecular complexity index is 1630. The summed E-state index contributed by atoms with van der Waals surface area (Å²) in [5, 5.41) is 33.5. The molecule has 0 aliphatic carbocycles. The lowest BCUT2D eigenvalue weighted by molar-refractivity contribution is 0.282. The first-order valence-corrected chi connectivity index (χ1v) is 11.7. The minimum Gasteiger partial charge on any atom is -0.392 e. The molecule has 0 amide bonds. The molecule has 0 heterocycles. The lowest BCUT2D eigenvalue weighted by Gasteiger charge is -2.21. The molecule has 6 aromatic carbocycles. The van der Waals surface area contributed by atoms with Gasteiger partial charge in [-0.25, -0.2) is 5.01 Å². The third-order valence-electron chi connectivity index (χ3n) is 6.55. The molecule has 6 aromatic rings. The second kappa shape index (κ2) is 8.84. The molecule has 4 nitrogen and oxygen atoms in total. The molecule has 0 atom stereocenters. The van der Waals surface area contributed by atoms with E-state index >= 15 is 0 Å². The number of hydrogen-bond acceptors (Lipinski definition) is 4. The smallest absolute Gasteiger partial charge is 0.0682 e. The maximum Gasteiger partial charge on any atom is 0.0682 e. The van der Waals surface area contributed by atoms with E-state index in [0.717, 1.165) is 33.5 Å². The number of hydrogen-bond donors (Lipinski definition) is 2. The Morgan fingerprint density at radius 2 is 1.14 bits per heavy atom. The fourth-order valence-electron chi connectivity index (χ4n) is 4.85. The van der Waals surface area contributed by atoms with E-state index in [2.05, 4.69) is 54.6 Å². The summed E-state index contributed by atoms with van der Waals surface area (Å²) >= 11 is 0. The Labute approximate surface area is 203 Å². The van der Waals surface area contributed by atoms with Gasteiger partial charge in [-0.1, -0.05) is 78.9 Å². The van der Waals surface area contributed by atoms with E-state index in [9.17, 15) is 10.2 Å². The average molecular weight is 457 g/mol. The topological polar surface area (TPSA) is 56.1 Å². The van der Waals surface area contributed by atoms with Crippen LogP contribution in [0.15, 0.2) is 108 Å². The summed E-state index contributed by atoms with van der Waals surface area (Å²) in [5.74, 6) is 0. The van der Waals surface area contributed by atoms with Gasteiger partial charge in [-0.05, 0) is 67.7 Å². The van der Waals surface area contributed by atoms with Crippen molar-refractivity contribution in [2.75, 3.05) is 5.01 Å². The highest BCUT2D eigenvalue weighted by Crippen LogP contribution is 2.36. The van der Waals surface area contributed by atoms with Gasteiger partial charge in [-0.15, -0.1) is 0 Å². The highest BCUT2D eigenvalue weighted by Gasteiger charge is 2.12. The summed E-state index contributed by atoms with van der Waals surface area (Å²) in [6, 6.07) is 34.8. The molecule has 0 radical (unpaired) electrons. The van der Waals surface area contributed by atoms with Crippen molar-refractivity contribution in [2.24, 2.45) is 5.10 Å². The van der Waals surface area contributed by atoms with E-state index < -0.39 is 0 Å². The van der Waals surface area contributed by atoms with Gasteiger partial charge < -0.3 is 10.2 Å². The maximum absolute atomic E-state index is 9.67. The summed E-state index contributed by atoms with van der Waals surface area (Å²) < 4.78 is 0. The van der Waals surface area contributed by atoms with Crippen LogP contribution in [0.25, 0.3) is 32.3 Å². The Morgan fingerprint density at radius 1 is 0.600 bits per heavy atom. The Balaban J connectivity index is 1.51. The standard InChI is InChI=1S/C31H24N2O2/c34-19-21-4-1-8-27(16-21)33(28-9-2-5-22(17-28)20-35)32-18-26-13-12-25-11-10-23-6-3-7-24-14-15-29(26)31(25)30(23)24/h1-18,34-35H,19-20H2/b32-18+. The van der Waals surface area contributed by atoms with Crippen LogP contribution in [0, 0.1) is 0 Å². The van der Waals surface area contributed by atoms with Gasteiger partial charge in [0.25, 0.3) is 0 Å². The average Bonchev–Trinajstić information content (AvgIpc) is 2.92. The van der Waals surface area contributed by atoms with Crippen molar-refractivity contribution < 1.29 is 10.2 Å². The van der Waals surface area contributed by atoms with Gasteiger partial charge in [0.2, 0.25) is 0 Å². The van der Waals surface area contributed by atoms with Crippen LogP contribution < -0.4 is 5.01 Å². The van der Waals surface area contributed by atoms with E-state index in [4.69, 9.17) is 5.10 Å². The third-order valence-corrected chi connectivity index (χ3v) is 6.55. The molecule has 0 saturated heterocycles. The molecule has 0 aromatic heterocycles. The van der Waals surface area contributed by atoms with E-state index in [1.165, 1.54) is 26.9 Å². The van der Waals surface area contributed by atoms with Crippen molar-refractivity contribution in [1.82, 2.24) is 0 Å². The van der Waals surface area contributed by atoms with Gasteiger partial charge in [0.15, 0.2) is 0 Å². The number of nitrogens with zero attached hydrogens (tertiary/aromatic N) is 2. The van der Waals surface area contributed by atoms with Gasteiger partial charge >= 0.3 is 0 Å². The highest BCUT2D eigenvalue weighted by molar-refractivity contribution is 6.25. The molecule has 0 saturated carbocycles. The van der Waals surface area contributed by atoms with Gasteiger partial charge in [0.1, 0.15) is 0 Å². The van der Waals surface area contributed by atoms with Crippen molar-refractivity contribution in [2.45, 2.75) is 13.2 Å². The SMILES string of the molecule is OCc1cccc(N(/N=C/c2ccc3ccc4cccc5ccc2c3c45)c2cccc(CO)c2)c1. The van der Waals surface area contributed by atoms with Crippen LogP contribution in [-0.4, -0.2) is 16.4 Å². The molecule has 0 aliphatic rings. The van der Waals surface area contributed by atoms with Crippen LogP contribution in [0.4, 0.5) is 11.4 Å². The molecule has 0 bridgehead atoms. The second-order valence-electron chi connectivity index (χ2n) is 8.72. The first-order chi connectivity index (χ1) is 17.2. The van der Waals surface area contributed by atoms with Gasteiger partial charge in [-0.2, -0.15) is 5.10 Å². The maximum atomic E-state index is 9.67. The highest BCUT2D eigenvalue weighted by atomic mass is 16.3. The minimum absolute atomic E-state index is 0.0445. The molecule has 4 heteroatoms. The molecular weight excluding hydrogens is 432 g/mol. The van der Waals surface area contributed by atoms with Crippen LogP contribution in [0.5, 0.6) is 0 Å². The minimum atomic E-state index is -0.0445. The fraction of sp³-hybridized carbons (Fsp3) is 0.0645. The summed E-state index contributed by atoms with van der Waals surface area (Å²) in [5.41, 5.74) is 4.31. The van der Waals surface area contributed by atoms with E-state index in [1.54, 1.807) is 0 Å². The van der Waals surface area contributed by atoms with Crippen LogP contribution in [0.2, 0.25) is 0 Å². The van der Waals surface area contributed by atoms with Gasteiger partial charge in [-0.3, -0.25) is 0 Å². The van der Waals surface area contributed by atoms with Gasteiger partial charge in [0.05, 0.1) is 30.8 Å². The molecule has 2 N–H and O–H groups in total. The quantitative estimate of drug-likeness (QED) is 0.166. The molecular formula is C31H24N2O2. The number of hydrazone groups is 1. The number of aliphatic hydroxyl groups excluding tert-OH is 2. The Kier molecular flexibility index (Phi) is 5.38. The normalized spacial score (nSPS) is 11.8. The van der Waals surface area contributed by atoms with Crippen LogP contribution >= 0.6 is 0 Å². The van der Waals surface area contributed by atoms with Crippen molar-refractivity contribution in [3.63, 3.8) is 0 Å². The fourth-order valence-corrected chi connectivity index (χ4v) is 4.85. The zero-order valence-electron chi connectivity index (χ0n) is 19.1. The molecule has 0 unspecified atom stereocenters. The second-order valence-corrected chi connectivity index (χ2v) is 8.72. The predicted molar refractivity (Wildman–Crippen MR) is 145 cm³/mol. The first kappa shape index (κ1) is 21.3. The van der Waals surface area contributed by atoms with Crippen LogP contribution in [0.3, 0.4) is 0 Å². The van der Waals surface area contributed by atoms with E-state index in [-0.39, 0.29) is 13.2 Å². The molecule has 0 spiro atoms. The zero-order valence-corrected chi connectivity index (χ0v) is 19.1. The molecule has 6 rings (SSSR count). The Hall–Kier alpha value is -4.25. The largest absolute Gasteiger partial charge is 0.392 e. The van der Waals surface area contributed by atoms with E-state index in [1.807, 2.05) is 59.8 Å². The molecule has 0 fully saturated rings. The number of benzene rings is 6. The van der Waals surface area contributed by atoms with E-state index in [0.29, 0.717) is 0 Å². The summed E-state index contributed by atoms with van der Waals surface area (Å²) in [6.07, 6.45) is 1.89. The van der Waals surface area contributed by atoms with Crippen molar-refractivity contribution in [3.8, 4) is 0 Å². The lowest BCUT2D eigenvalue weighted by atomic mass is 9.92. The molecule has 170 valence electrons. The predicted octanol–water partition coefficient (Wildman–Crippen LogP) is 6.74. The summed E-state index contributed by atoms with van der Waals surface area (Å²) in [6.45, 7) is -0.0891. The third kappa shape index (κ3) is 3.79.